The second-order valence-corrected chi connectivity index (χ2v) is 7.44. The molecule has 1 aromatic heterocycles. The van der Waals surface area contributed by atoms with E-state index in [-0.39, 0.29) is 12.1 Å². The number of nitrogens with zero attached hydrogens (tertiary/aromatic N) is 3. The Kier molecular flexibility index (Phi) is 5.68. The topological polar surface area (TPSA) is 59.4 Å². The van der Waals surface area contributed by atoms with Crippen LogP contribution in [0.2, 0.25) is 0 Å². The number of aryl methyl sites for hydroxylation is 1. The molecule has 0 bridgehead atoms. The van der Waals surface area contributed by atoms with Crippen LogP contribution in [-0.4, -0.2) is 45.8 Å². The first-order valence-corrected chi connectivity index (χ1v) is 8.45. The Bertz CT molecular complexity index is 521. The third-order valence-corrected chi connectivity index (χ3v) is 4.19. The summed E-state index contributed by atoms with van der Waals surface area (Å²) in [5, 5.41) is 3.52. The van der Waals surface area contributed by atoms with E-state index in [1.165, 1.54) is 0 Å². The van der Waals surface area contributed by atoms with E-state index < -0.39 is 5.60 Å². The van der Waals surface area contributed by atoms with Crippen LogP contribution in [0.4, 0.5) is 4.79 Å². The minimum absolute atomic E-state index is 0.186. The zero-order valence-corrected chi connectivity index (χ0v) is 15.0. The van der Waals surface area contributed by atoms with Crippen molar-refractivity contribution < 1.29 is 9.53 Å². The highest BCUT2D eigenvalue weighted by molar-refractivity contribution is 5.68. The lowest BCUT2D eigenvalue weighted by molar-refractivity contribution is 0.0287. The molecule has 6 heteroatoms. The fourth-order valence-corrected chi connectivity index (χ4v) is 2.95. The molecule has 6 nitrogen and oxygen atoms in total. The maximum Gasteiger partial charge on any atom is 0.410 e. The first-order valence-electron chi connectivity index (χ1n) is 8.45. The molecule has 0 aromatic carbocycles. The van der Waals surface area contributed by atoms with Crippen LogP contribution in [0.1, 0.15) is 52.4 Å². The van der Waals surface area contributed by atoms with E-state index in [1.54, 1.807) is 0 Å². The summed E-state index contributed by atoms with van der Waals surface area (Å²) in [5.74, 6) is 1.59. The molecule has 1 aliphatic heterocycles. The van der Waals surface area contributed by atoms with Gasteiger partial charge in [-0.05, 0) is 53.0 Å². The zero-order valence-electron chi connectivity index (χ0n) is 15.0. The SMILES string of the molecule is CC(NCCC1CCN(C(=O)OC(C)(C)C)C1)c1nccn1C. The summed E-state index contributed by atoms with van der Waals surface area (Å²) in [7, 11) is 2.01. The van der Waals surface area contributed by atoms with Crippen molar-refractivity contribution in [1.82, 2.24) is 19.8 Å². The number of rotatable bonds is 5. The Morgan fingerprint density at radius 1 is 1.52 bits per heavy atom. The van der Waals surface area contributed by atoms with Gasteiger partial charge in [0.15, 0.2) is 0 Å². The number of hydrogen-bond donors (Lipinski definition) is 1. The minimum atomic E-state index is -0.422. The molecular weight excluding hydrogens is 292 g/mol. The number of likely N-dealkylation sites (tertiary alicyclic amines) is 1. The molecule has 1 aliphatic rings. The molecule has 1 saturated heterocycles. The molecule has 0 saturated carbocycles. The third-order valence-electron chi connectivity index (χ3n) is 4.19. The lowest BCUT2D eigenvalue weighted by Crippen LogP contribution is -2.35. The summed E-state index contributed by atoms with van der Waals surface area (Å²) in [6, 6.07) is 0.235. The molecular formula is C17H30N4O2. The van der Waals surface area contributed by atoms with Gasteiger partial charge in [0.25, 0.3) is 0 Å². The standard InChI is InChI=1S/C17H30N4O2/c1-13(15-19-9-11-20(15)5)18-8-6-14-7-10-21(12-14)16(22)23-17(2,3)4/h9,11,13-14,18H,6-8,10,12H2,1-5H3. The lowest BCUT2D eigenvalue weighted by atomic mass is 10.1. The van der Waals surface area contributed by atoms with E-state index in [1.807, 2.05) is 49.7 Å². The Balaban J connectivity index is 1.70. The smallest absolute Gasteiger partial charge is 0.410 e. The quantitative estimate of drug-likeness (QED) is 0.905. The number of aromatic nitrogens is 2. The maximum atomic E-state index is 12.1. The van der Waals surface area contributed by atoms with Gasteiger partial charge in [-0.25, -0.2) is 9.78 Å². The van der Waals surface area contributed by atoms with Crippen molar-refractivity contribution in [3.8, 4) is 0 Å². The minimum Gasteiger partial charge on any atom is -0.444 e. The fraction of sp³-hybridized carbons (Fsp3) is 0.765. The van der Waals surface area contributed by atoms with Crippen LogP contribution in [0.15, 0.2) is 12.4 Å². The predicted molar refractivity (Wildman–Crippen MR) is 90.2 cm³/mol. The van der Waals surface area contributed by atoms with Crippen molar-refractivity contribution in [2.75, 3.05) is 19.6 Å². The molecule has 1 N–H and O–H groups in total. The van der Waals surface area contributed by atoms with Crippen molar-refractivity contribution in [2.24, 2.45) is 13.0 Å². The summed E-state index contributed by atoms with van der Waals surface area (Å²) in [6.07, 6.45) is 5.72. The molecule has 2 rings (SSSR count). The Labute approximate surface area is 139 Å². The van der Waals surface area contributed by atoms with E-state index in [0.717, 1.165) is 38.3 Å². The van der Waals surface area contributed by atoms with Gasteiger partial charge < -0.3 is 19.5 Å². The molecule has 0 radical (unpaired) electrons. The Morgan fingerprint density at radius 2 is 2.26 bits per heavy atom. The van der Waals surface area contributed by atoms with Gasteiger partial charge in [0.2, 0.25) is 0 Å². The number of carbonyl (C=O) groups excluding carboxylic acids is 1. The first kappa shape index (κ1) is 17.8. The van der Waals surface area contributed by atoms with E-state index in [4.69, 9.17) is 4.74 Å². The van der Waals surface area contributed by atoms with Crippen LogP contribution in [0.3, 0.4) is 0 Å². The highest BCUT2D eigenvalue weighted by atomic mass is 16.6. The maximum absolute atomic E-state index is 12.1. The summed E-state index contributed by atoms with van der Waals surface area (Å²) >= 11 is 0. The number of nitrogens with one attached hydrogen (secondary N) is 1. The monoisotopic (exact) mass is 322 g/mol. The molecule has 23 heavy (non-hydrogen) atoms. The molecule has 130 valence electrons. The summed E-state index contributed by atoms with van der Waals surface area (Å²) < 4.78 is 7.47. The molecule has 1 amide bonds. The van der Waals surface area contributed by atoms with Gasteiger partial charge in [0.1, 0.15) is 11.4 Å². The predicted octanol–water partition coefficient (Wildman–Crippen LogP) is 2.72. The summed E-state index contributed by atoms with van der Waals surface area (Å²) in [4.78, 5) is 18.3. The third kappa shape index (κ3) is 5.23. The van der Waals surface area contributed by atoms with E-state index in [0.29, 0.717) is 5.92 Å². The van der Waals surface area contributed by atoms with Gasteiger partial charge in [-0.2, -0.15) is 0 Å². The first-order chi connectivity index (χ1) is 10.8. The van der Waals surface area contributed by atoms with Crippen LogP contribution >= 0.6 is 0 Å². The number of hydrogen-bond acceptors (Lipinski definition) is 4. The van der Waals surface area contributed by atoms with Gasteiger partial charge in [-0.3, -0.25) is 0 Å². The fourth-order valence-electron chi connectivity index (χ4n) is 2.95. The van der Waals surface area contributed by atoms with Crippen LogP contribution < -0.4 is 5.32 Å². The van der Waals surface area contributed by atoms with Crippen molar-refractivity contribution in [3.05, 3.63) is 18.2 Å². The van der Waals surface area contributed by atoms with Crippen molar-refractivity contribution >= 4 is 6.09 Å². The van der Waals surface area contributed by atoms with Crippen LogP contribution in [0.25, 0.3) is 0 Å². The molecule has 2 heterocycles. The van der Waals surface area contributed by atoms with E-state index in [9.17, 15) is 4.79 Å². The largest absolute Gasteiger partial charge is 0.444 e. The highest BCUT2D eigenvalue weighted by Crippen LogP contribution is 2.22. The van der Waals surface area contributed by atoms with Crippen LogP contribution in [-0.2, 0) is 11.8 Å². The van der Waals surface area contributed by atoms with Crippen molar-refractivity contribution in [3.63, 3.8) is 0 Å². The van der Waals surface area contributed by atoms with E-state index in [2.05, 4.69) is 17.2 Å². The molecule has 1 fully saturated rings. The number of imidazole rings is 1. The number of amides is 1. The van der Waals surface area contributed by atoms with Gasteiger partial charge in [0, 0.05) is 32.5 Å². The number of carbonyl (C=O) groups is 1. The van der Waals surface area contributed by atoms with Gasteiger partial charge in [0.05, 0.1) is 6.04 Å². The van der Waals surface area contributed by atoms with Crippen molar-refractivity contribution in [2.45, 2.75) is 52.2 Å². The average molecular weight is 322 g/mol. The highest BCUT2D eigenvalue weighted by Gasteiger charge is 2.29. The van der Waals surface area contributed by atoms with Gasteiger partial charge in [-0.1, -0.05) is 0 Å². The van der Waals surface area contributed by atoms with Gasteiger partial charge >= 0.3 is 6.09 Å². The second kappa shape index (κ2) is 7.34. The molecule has 2 unspecified atom stereocenters. The lowest BCUT2D eigenvalue weighted by Gasteiger charge is -2.24. The zero-order chi connectivity index (χ0) is 17.0. The molecule has 1 aromatic rings. The Hall–Kier alpha value is -1.56. The second-order valence-electron chi connectivity index (χ2n) is 7.44. The molecule has 2 atom stereocenters. The summed E-state index contributed by atoms with van der Waals surface area (Å²) in [6.45, 7) is 10.4. The number of ether oxygens (including phenoxy) is 1. The van der Waals surface area contributed by atoms with Crippen LogP contribution in [0, 0.1) is 5.92 Å². The average Bonchev–Trinajstić information content (AvgIpc) is 3.05. The summed E-state index contributed by atoms with van der Waals surface area (Å²) in [5.41, 5.74) is -0.422. The van der Waals surface area contributed by atoms with Crippen LogP contribution in [0.5, 0.6) is 0 Å². The van der Waals surface area contributed by atoms with E-state index >= 15 is 0 Å². The van der Waals surface area contributed by atoms with Gasteiger partial charge in [-0.15, -0.1) is 0 Å². The van der Waals surface area contributed by atoms with Crippen molar-refractivity contribution in [1.29, 1.82) is 0 Å². The molecule has 0 aliphatic carbocycles. The Morgan fingerprint density at radius 3 is 2.87 bits per heavy atom. The normalized spacial score (nSPS) is 19.9. The molecule has 0 spiro atoms.